The first-order valence-electron chi connectivity index (χ1n) is 9.91. The average molecular weight is 439 g/mol. The fourth-order valence-corrected chi connectivity index (χ4v) is 6.00. The number of sulfone groups is 1. The van der Waals surface area contributed by atoms with Gasteiger partial charge in [-0.25, -0.2) is 8.42 Å². The van der Waals surface area contributed by atoms with Crippen LogP contribution in [0.15, 0.2) is 59.5 Å². The van der Waals surface area contributed by atoms with E-state index < -0.39 is 32.2 Å². The van der Waals surface area contributed by atoms with E-state index in [4.69, 9.17) is 0 Å². The van der Waals surface area contributed by atoms with Crippen molar-refractivity contribution in [3.8, 4) is 0 Å². The Kier molecular flexibility index (Phi) is 6.55. The Hall–Kier alpha value is -2.35. The lowest BCUT2D eigenvalue weighted by atomic mass is 10.1. The van der Waals surface area contributed by atoms with E-state index in [2.05, 4.69) is 5.32 Å². The number of hydrogen-bond acceptors (Lipinski definition) is 3. The van der Waals surface area contributed by atoms with E-state index in [-0.39, 0.29) is 17.7 Å². The summed E-state index contributed by atoms with van der Waals surface area (Å²) in [7, 11) is -4.13. The van der Waals surface area contributed by atoms with Crippen molar-refractivity contribution >= 4 is 15.7 Å². The first-order chi connectivity index (χ1) is 14.2. The number of nitrogens with one attached hydrogen (secondary N) is 1. The molecule has 8 heteroatoms. The Morgan fingerprint density at radius 1 is 0.967 bits per heavy atom. The van der Waals surface area contributed by atoms with Gasteiger partial charge in [0.25, 0.3) is 0 Å². The number of rotatable bonds is 7. The average Bonchev–Trinajstić information content (AvgIpc) is 3.23. The van der Waals surface area contributed by atoms with Gasteiger partial charge in [-0.3, -0.25) is 4.79 Å². The number of aryl methyl sites for hydroxylation is 1. The highest BCUT2D eigenvalue weighted by Gasteiger charge is 2.52. The molecule has 2 aromatic carbocycles. The van der Waals surface area contributed by atoms with E-state index in [1.165, 1.54) is 0 Å². The van der Waals surface area contributed by atoms with E-state index >= 15 is 0 Å². The fraction of sp³-hybridized carbons (Fsp3) is 0.409. The first kappa shape index (κ1) is 22.3. The number of carbonyl (C=O) groups excluding carboxylic acids is 1. The molecule has 0 saturated heterocycles. The lowest BCUT2D eigenvalue weighted by Crippen LogP contribution is -2.50. The molecule has 0 spiro atoms. The van der Waals surface area contributed by atoms with E-state index in [1.54, 1.807) is 0 Å². The molecular formula is C22H24F3NO3S. The highest BCUT2D eigenvalue weighted by atomic mass is 32.2. The SMILES string of the molecule is O=C(NCCCc1ccccc1)C1(S(=O)(=O)c2ccc(C(F)(F)F)cc2)CCCC1. The molecular weight excluding hydrogens is 415 g/mol. The Morgan fingerprint density at radius 2 is 1.57 bits per heavy atom. The monoisotopic (exact) mass is 439 g/mol. The van der Waals surface area contributed by atoms with Crippen LogP contribution in [0.1, 0.15) is 43.2 Å². The fourth-order valence-electron chi connectivity index (χ4n) is 3.91. The maximum atomic E-state index is 13.3. The van der Waals surface area contributed by atoms with Crippen LogP contribution >= 0.6 is 0 Å². The number of alkyl halides is 3. The zero-order valence-electron chi connectivity index (χ0n) is 16.4. The van der Waals surface area contributed by atoms with Crippen molar-refractivity contribution in [2.75, 3.05) is 6.54 Å². The first-order valence-corrected chi connectivity index (χ1v) is 11.4. The van der Waals surface area contributed by atoms with Crippen molar-refractivity contribution in [3.63, 3.8) is 0 Å². The smallest absolute Gasteiger partial charge is 0.355 e. The lowest BCUT2D eigenvalue weighted by Gasteiger charge is -2.28. The van der Waals surface area contributed by atoms with E-state index in [0.29, 0.717) is 25.8 Å². The van der Waals surface area contributed by atoms with Crippen LogP contribution in [0.2, 0.25) is 0 Å². The van der Waals surface area contributed by atoms with Crippen LogP contribution in [0.3, 0.4) is 0 Å². The molecule has 0 aliphatic heterocycles. The third-order valence-corrected chi connectivity index (χ3v) is 8.12. The molecule has 1 N–H and O–H groups in total. The van der Waals surface area contributed by atoms with Gasteiger partial charge >= 0.3 is 6.18 Å². The summed E-state index contributed by atoms with van der Waals surface area (Å²) in [5.41, 5.74) is 0.201. The van der Waals surface area contributed by atoms with Gasteiger partial charge in [-0.05, 0) is 55.5 Å². The second-order valence-electron chi connectivity index (χ2n) is 7.57. The van der Waals surface area contributed by atoms with Crippen molar-refractivity contribution in [2.45, 2.75) is 54.3 Å². The van der Waals surface area contributed by atoms with Gasteiger partial charge in [0.1, 0.15) is 0 Å². The van der Waals surface area contributed by atoms with Gasteiger partial charge in [-0.15, -0.1) is 0 Å². The van der Waals surface area contributed by atoms with Crippen molar-refractivity contribution in [2.24, 2.45) is 0 Å². The minimum absolute atomic E-state index is 0.168. The molecule has 2 aromatic rings. The number of benzene rings is 2. The summed E-state index contributed by atoms with van der Waals surface area (Å²) >= 11 is 0. The molecule has 3 rings (SSSR count). The van der Waals surface area contributed by atoms with Crippen molar-refractivity contribution in [1.82, 2.24) is 5.32 Å². The Bertz CT molecular complexity index is 965. The Labute approximate surface area is 174 Å². The van der Waals surface area contributed by atoms with E-state index in [1.807, 2.05) is 30.3 Å². The second kappa shape index (κ2) is 8.79. The Morgan fingerprint density at radius 3 is 2.13 bits per heavy atom. The van der Waals surface area contributed by atoms with Crippen LogP contribution in [0.5, 0.6) is 0 Å². The van der Waals surface area contributed by atoms with Crippen LogP contribution in [-0.4, -0.2) is 25.6 Å². The molecule has 0 bridgehead atoms. The van der Waals surface area contributed by atoms with Crippen molar-refractivity contribution < 1.29 is 26.4 Å². The van der Waals surface area contributed by atoms with Gasteiger partial charge < -0.3 is 5.32 Å². The van der Waals surface area contributed by atoms with Gasteiger partial charge in [0.05, 0.1) is 10.5 Å². The van der Waals surface area contributed by atoms with Gasteiger partial charge in [-0.1, -0.05) is 43.2 Å². The van der Waals surface area contributed by atoms with Crippen LogP contribution in [0.4, 0.5) is 13.2 Å². The minimum atomic E-state index is -4.55. The van der Waals surface area contributed by atoms with Crippen LogP contribution in [0, 0.1) is 0 Å². The summed E-state index contributed by atoms with van der Waals surface area (Å²) in [6.07, 6.45) is -1.65. The normalized spacial score (nSPS) is 16.4. The molecule has 1 fully saturated rings. The van der Waals surface area contributed by atoms with Crippen LogP contribution in [0.25, 0.3) is 0 Å². The van der Waals surface area contributed by atoms with E-state index in [0.717, 1.165) is 36.2 Å². The topological polar surface area (TPSA) is 63.2 Å². The third kappa shape index (κ3) is 4.53. The maximum Gasteiger partial charge on any atom is 0.416 e. The van der Waals surface area contributed by atoms with Crippen molar-refractivity contribution in [3.05, 3.63) is 65.7 Å². The lowest BCUT2D eigenvalue weighted by molar-refractivity contribution is -0.137. The molecule has 4 nitrogen and oxygen atoms in total. The van der Waals surface area contributed by atoms with Gasteiger partial charge in [-0.2, -0.15) is 13.2 Å². The highest BCUT2D eigenvalue weighted by Crippen LogP contribution is 2.41. The molecule has 0 radical (unpaired) electrons. The zero-order valence-corrected chi connectivity index (χ0v) is 17.2. The second-order valence-corrected chi connectivity index (χ2v) is 9.83. The quantitative estimate of drug-likeness (QED) is 0.645. The van der Waals surface area contributed by atoms with Gasteiger partial charge in [0, 0.05) is 6.54 Å². The summed E-state index contributed by atoms with van der Waals surface area (Å²) in [5, 5.41) is 2.75. The number of amides is 1. The van der Waals surface area contributed by atoms with E-state index in [9.17, 15) is 26.4 Å². The zero-order chi connectivity index (χ0) is 21.8. The molecule has 1 amide bonds. The molecule has 1 aliphatic rings. The standard InChI is InChI=1S/C22H24F3NO3S/c23-22(24,25)18-10-12-19(13-11-18)30(28,29)21(14-4-5-15-21)20(27)26-16-6-9-17-7-2-1-3-8-17/h1-3,7-8,10-13H,4-6,9,14-16H2,(H,26,27). The Balaban J connectivity index is 1.73. The summed E-state index contributed by atoms with van der Waals surface area (Å²) in [4.78, 5) is 12.7. The third-order valence-electron chi connectivity index (χ3n) is 5.60. The largest absolute Gasteiger partial charge is 0.416 e. The number of carbonyl (C=O) groups is 1. The van der Waals surface area contributed by atoms with Gasteiger partial charge in [0.2, 0.25) is 5.91 Å². The van der Waals surface area contributed by atoms with Gasteiger partial charge in [0.15, 0.2) is 14.6 Å². The maximum absolute atomic E-state index is 13.3. The summed E-state index contributed by atoms with van der Waals surface area (Å²) in [6, 6.07) is 13.1. The molecule has 0 unspecified atom stereocenters. The predicted octanol–water partition coefficient (Wildman–Crippen LogP) is 4.54. The highest BCUT2D eigenvalue weighted by molar-refractivity contribution is 7.93. The van der Waals surface area contributed by atoms with Crippen LogP contribution in [-0.2, 0) is 27.2 Å². The molecule has 1 aliphatic carbocycles. The number of hydrogen-bond donors (Lipinski definition) is 1. The molecule has 0 atom stereocenters. The van der Waals surface area contributed by atoms with Crippen LogP contribution < -0.4 is 5.32 Å². The molecule has 162 valence electrons. The molecule has 30 heavy (non-hydrogen) atoms. The molecule has 0 heterocycles. The molecule has 1 saturated carbocycles. The minimum Gasteiger partial charge on any atom is -0.355 e. The predicted molar refractivity (Wildman–Crippen MR) is 108 cm³/mol. The number of halogens is 3. The molecule has 0 aromatic heterocycles. The summed E-state index contributed by atoms with van der Waals surface area (Å²) in [5.74, 6) is -0.562. The van der Waals surface area contributed by atoms with Crippen molar-refractivity contribution in [1.29, 1.82) is 0 Å². The summed E-state index contributed by atoms with van der Waals surface area (Å²) in [6.45, 7) is 0.331. The summed E-state index contributed by atoms with van der Waals surface area (Å²) < 4.78 is 63.3.